The third-order valence-electron chi connectivity index (χ3n) is 2.46. The Bertz CT molecular complexity index is 348. The van der Waals surface area contributed by atoms with Gasteiger partial charge in [0.15, 0.2) is 0 Å². The van der Waals surface area contributed by atoms with Crippen molar-refractivity contribution in [1.82, 2.24) is 0 Å². The first-order chi connectivity index (χ1) is 9.96. The summed E-state index contributed by atoms with van der Waals surface area (Å²) in [5.74, 6) is 2.28. The van der Waals surface area contributed by atoms with E-state index in [4.69, 9.17) is 9.47 Å². The third kappa shape index (κ3) is 9.14. The molecule has 122 valence electrons. The fourth-order valence-corrected chi connectivity index (χ4v) is 3.33. The van der Waals surface area contributed by atoms with Gasteiger partial charge in [-0.15, -0.1) is 0 Å². The van der Waals surface area contributed by atoms with E-state index in [0.717, 1.165) is 10.6 Å². The molecule has 0 bridgehead atoms. The molecule has 0 amide bonds. The molecule has 0 rings (SSSR count). The van der Waals surface area contributed by atoms with E-state index < -0.39 is 30.1 Å². The summed E-state index contributed by atoms with van der Waals surface area (Å²) in [6.07, 6.45) is -1.02. The van der Waals surface area contributed by atoms with E-state index in [9.17, 15) is 14.4 Å². The topological polar surface area (TPSA) is 78.9 Å². The molecule has 0 radical (unpaired) electrons. The van der Waals surface area contributed by atoms with Gasteiger partial charge in [0.2, 0.25) is 0 Å². The van der Waals surface area contributed by atoms with Gasteiger partial charge in [0.25, 0.3) is 0 Å². The van der Waals surface area contributed by atoms with E-state index in [0.29, 0.717) is 42.8 Å². The maximum atomic E-state index is 12.1. The summed E-state index contributed by atoms with van der Waals surface area (Å²) in [6.45, 7) is 1.24. The predicted octanol–water partition coefficient (Wildman–Crippen LogP) is 1.12. The molecule has 0 aliphatic carbocycles. The number of carbonyl (C=O) groups is 3. The maximum absolute atomic E-state index is 12.1. The normalized spacial score (nSPS) is 13.1. The molecule has 21 heavy (non-hydrogen) atoms. The first-order valence-corrected chi connectivity index (χ1v) is 12.2. The summed E-state index contributed by atoms with van der Waals surface area (Å²) in [4.78, 5) is 34.8. The Morgan fingerprint density at radius 2 is 1.38 bits per heavy atom. The van der Waals surface area contributed by atoms with E-state index in [2.05, 4.69) is 4.74 Å². The second kappa shape index (κ2) is 12.0. The minimum absolute atomic E-state index is 0.366. The fraction of sp³-hybridized carbons (Fsp3) is 0.769. The van der Waals surface area contributed by atoms with Crippen molar-refractivity contribution < 1.29 is 28.6 Å². The molecule has 0 aromatic rings. The zero-order valence-electron chi connectivity index (χ0n) is 12.7. The number of carbonyl (C=O) groups excluding carboxylic acids is 3. The van der Waals surface area contributed by atoms with Crippen LogP contribution >= 0.6 is 0 Å². The van der Waals surface area contributed by atoms with Crippen LogP contribution in [0, 0.1) is 0 Å². The molecule has 0 heterocycles. The van der Waals surface area contributed by atoms with Crippen LogP contribution in [0.25, 0.3) is 0 Å². The Kier molecular flexibility index (Phi) is 11.7. The number of hydrogen-bond donors (Lipinski definition) is 0. The molecule has 0 saturated carbocycles. The SMILES string of the molecule is COC(=O)C(CC[Se]C)OC(=O)C(CC[Se]C)OC(C)=O. The van der Waals surface area contributed by atoms with Crippen LogP contribution in [0.15, 0.2) is 0 Å². The second-order valence-electron chi connectivity index (χ2n) is 4.11. The average Bonchev–Trinajstić information content (AvgIpc) is 2.46. The minimum atomic E-state index is -0.941. The van der Waals surface area contributed by atoms with Crippen molar-refractivity contribution in [3.63, 3.8) is 0 Å². The molecule has 8 heteroatoms. The Morgan fingerprint density at radius 1 is 0.905 bits per heavy atom. The number of esters is 3. The van der Waals surface area contributed by atoms with Crippen LogP contribution in [0.4, 0.5) is 0 Å². The van der Waals surface area contributed by atoms with E-state index in [1.165, 1.54) is 14.0 Å². The summed E-state index contributed by atoms with van der Waals surface area (Å²) in [5.41, 5.74) is 0. The number of methoxy groups -OCH3 is 1. The van der Waals surface area contributed by atoms with Crippen LogP contribution in [0.3, 0.4) is 0 Å². The van der Waals surface area contributed by atoms with Crippen molar-refractivity contribution >= 4 is 47.8 Å². The van der Waals surface area contributed by atoms with E-state index in [1.54, 1.807) is 0 Å². The van der Waals surface area contributed by atoms with Gasteiger partial charge in [-0.3, -0.25) is 0 Å². The first-order valence-electron chi connectivity index (χ1n) is 6.39. The van der Waals surface area contributed by atoms with E-state index in [-0.39, 0.29) is 0 Å². The number of rotatable bonds is 10. The van der Waals surface area contributed by atoms with Gasteiger partial charge in [0, 0.05) is 0 Å². The van der Waals surface area contributed by atoms with Crippen molar-refractivity contribution in [3.05, 3.63) is 0 Å². The van der Waals surface area contributed by atoms with Crippen LogP contribution in [0.1, 0.15) is 19.8 Å². The molecule has 0 aromatic carbocycles. The first kappa shape index (κ1) is 20.4. The summed E-state index contributed by atoms with van der Waals surface area (Å²) in [7, 11) is 1.25. The van der Waals surface area contributed by atoms with Crippen molar-refractivity contribution in [2.75, 3.05) is 7.11 Å². The molecule has 0 saturated heterocycles. The van der Waals surface area contributed by atoms with Gasteiger partial charge in [-0.05, 0) is 0 Å². The zero-order chi connectivity index (χ0) is 16.3. The van der Waals surface area contributed by atoms with Gasteiger partial charge in [-0.25, -0.2) is 0 Å². The van der Waals surface area contributed by atoms with Crippen molar-refractivity contribution in [3.8, 4) is 0 Å². The van der Waals surface area contributed by atoms with Crippen molar-refractivity contribution in [2.24, 2.45) is 0 Å². The molecule has 0 aliphatic rings. The Balaban J connectivity index is 4.70. The van der Waals surface area contributed by atoms with Crippen LogP contribution < -0.4 is 0 Å². The number of hydrogen-bond acceptors (Lipinski definition) is 6. The Hall–Kier alpha value is -0.551. The van der Waals surface area contributed by atoms with Gasteiger partial charge in [-0.2, -0.15) is 0 Å². The van der Waals surface area contributed by atoms with Crippen molar-refractivity contribution in [1.29, 1.82) is 0 Å². The van der Waals surface area contributed by atoms with Crippen molar-refractivity contribution in [2.45, 2.75) is 54.3 Å². The third-order valence-corrected chi connectivity index (χ3v) is 5.16. The fourth-order valence-electron chi connectivity index (χ4n) is 1.45. The molecular formula is C13H22O6Se2. The van der Waals surface area contributed by atoms with Gasteiger partial charge in [-0.1, -0.05) is 0 Å². The van der Waals surface area contributed by atoms with Gasteiger partial charge in [0.1, 0.15) is 0 Å². The summed E-state index contributed by atoms with van der Waals surface area (Å²) in [5, 5.41) is 1.59. The summed E-state index contributed by atoms with van der Waals surface area (Å²) >= 11 is 0.740. The molecular weight excluding hydrogens is 410 g/mol. The second-order valence-corrected chi connectivity index (χ2v) is 8.25. The summed E-state index contributed by atoms with van der Waals surface area (Å²) in [6, 6.07) is 0. The zero-order valence-corrected chi connectivity index (χ0v) is 16.2. The Labute approximate surface area is 138 Å². The van der Waals surface area contributed by atoms with E-state index >= 15 is 0 Å². The predicted molar refractivity (Wildman–Crippen MR) is 79.5 cm³/mol. The molecule has 0 aromatic heterocycles. The van der Waals surface area contributed by atoms with Gasteiger partial charge >= 0.3 is 138 Å². The molecule has 2 atom stereocenters. The quantitative estimate of drug-likeness (QED) is 0.293. The average molecular weight is 432 g/mol. The molecule has 2 unspecified atom stereocenters. The molecule has 0 spiro atoms. The monoisotopic (exact) mass is 434 g/mol. The molecule has 0 fully saturated rings. The molecule has 0 N–H and O–H groups in total. The standard InChI is InChI=1S/C13H22O6Se2/c1-9(14)18-11(6-8-21-4)13(16)19-10(5-7-20-3)12(15)17-2/h10-11H,5-8H2,1-4H3. The van der Waals surface area contributed by atoms with Crippen LogP contribution in [0.5, 0.6) is 0 Å². The van der Waals surface area contributed by atoms with Gasteiger partial charge in [0.05, 0.1) is 0 Å². The summed E-state index contributed by atoms with van der Waals surface area (Å²) < 4.78 is 14.8. The van der Waals surface area contributed by atoms with E-state index in [1.807, 2.05) is 11.6 Å². The molecule has 6 nitrogen and oxygen atoms in total. The number of ether oxygens (including phenoxy) is 3. The van der Waals surface area contributed by atoms with Crippen LogP contribution in [-0.4, -0.2) is 67.1 Å². The van der Waals surface area contributed by atoms with Crippen LogP contribution in [-0.2, 0) is 28.6 Å². The Morgan fingerprint density at radius 3 is 1.76 bits per heavy atom. The van der Waals surface area contributed by atoms with Crippen LogP contribution in [0.2, 0.25) is 22.3 Å². The van der Waals surface area contributed by atoms with Gasteiger partial charge < -0.3 is 0 Å². The molecule has 0 aliphatic heterocycles.